The molecule has 23 heavy (non-hydrogen) atoms. The molecule has 2 atom stereocenters. The lowest BCUT2D eigenvalue weighted by Gasteiger charge is -2.18. The summed E-state index contributed by atoms with van der Waals surface area (Å²) < 4.78 is 40.2. The van der Waals surface area contributed by atoms with Crippen LogP contribution < -0.4 is 5.32 Å². The zero-order valence-corrected chi connectivity index (χ0v) is 12.2. The van der Waals surface area contributed by atoms with Crippen LogP contribution in [0.3, 0.4) is 0 Å². The van der Waals surface area contributed by atoms with Crippen LogP contribution in [0.2, 0.25) is 0 Å². The van der Waals surface area contributed by atoms with E-state index in [-0.39, 0.29) is 6.54 Å². The van der Waals surface area contributed by atoms with Gasteiger partial charge in [-0.2, -0.15) is 18.3 Å². The number of amides is 2. The third-order valence-electron chi connectivity index (χ3n) is 3.74. The largest absolute Gasteiger partial charge is 0.481 e. The highest BCUT2D eigenvalue weighted by atomic mass is 19.4. The smallest absolute Gasteiger partial charge is 0.394 e. The summed E-state index contributed by atoms with van der Waals surface area (Å²) in [5, 5.41) is 15.4. The molecule has 2 heterocycles. The van der Waals surface area contributed by atoms with E-state index in [2.05, 4.69) is 10.4 Å². The van der Waals surface area contributed by atoms with Crippen molar-refractivity contribution in [3.05, 3.63) is 18.5 Å². The van der Waals surface area contributed by atoms with Gasteiger partial charge in [0.1, 0.15) is 0 Å². The second-order valence-corrected chi connectivity index (χ2v) is 5.35. The van der Waals surface area contributed by atoms with Gasteiger partial charge in [-0.1, -0.05) is 0 Å². The first-order chi connectivity index (χ1) is 10.8. The van der Waals surface area contributed by atoms with Crippen LogP contribution in [-0.4, -0.2) is 57.6 Å². The lowest BCUT2D eigenvalue weighted by Crippen LogP contribution is -2.40. The van der Waals surface area contributed by atoms with E-state index in [0.29, 0.717) is 13.0 Å². The molecule has 0 aliphatic carbocycles. The third kappa shape index (κ3) is 4.36. The molecule has 0 radical (unpaired) electrons. The minimum atomic E-state index is -4.64. The summed E-state index contributed by atoms with van der Waals surface area (Å²) >= 11 is 0. The van der Waals surface area contributed by atoms with E-state index in [1.165, 1.54) is 0 Å². The van der Waals surface area contributed by atoms with Gasteiger partial charge in [-0.25, -0.2) is 4.79 Å². The average molecular weight is 334 g/mol. The minimum Gasteiger partial charge on any atom is -0.481 e. The Hall–Kier alpha value is -2.26. The Bertz CT molecular complexity index is 547. The minimum absolute atomic E-state index is 0.267. The molecule has 128 valence electrons. The maximum absolute atomic E-state index is 12.8. The van der Waals surface area contributed by atoms with Crippen LogP contribution in [-0.2, 0) is 11.3 Å². The summed E-state index contributed by atoms with van der Waals surface area (Å²) in [4.78, 5) is 23.7. The molecule has 7 nitrogen and oxygen atoms in total. The van der Waals surface area contributed by atoms with E-state index in [4.69, 9.17) is 5.11 Å². The maximum atomic E-state index is 12.8. The highest BCUT2D eigenvalue weighted by Gasteiger charge is 2.53. The second kappa shape index (κ2) is 6.88. The van der Waals surface area contributed by atoms with Crippen molar-refractivity contribution < 1.29 is 27.9 Å². The lowest BCUT2D eigenvalue weighted by atomic mass is 9.96. The highest BCUT2D eigenvalue weighted by Crippen LogP contribution is 2.37. The Balaban J connectivity index is 1.81. The standard InChI is InChI=1S/C13H17F3N4O3/c14-13(15,16)10-8-19(7-9(10)11(21)22)12(23)17-3-1-5-20-6-2-4-18-20/h2,4,6,9-10H,1,3,5,7-8H2,(H,17,23)(H,21,22)/t9-,10-/m1/s1. The molecule has 1 saturated heterocycles. The number of aliphatic carboxylic acids is 1. The number of carbonyl (C=O) groups is 2. The molecule has 2 rings (SSSR count). The summed E-state index contributed by atoms with van der Waals surface area (Å²) in [5.41, 5.74) is 0. The van der Waals surface area contributed by atoms with Gasteiger partial charge in [0.2, 0.25) is 0 Å². The van der Waals surface area contributed by atoms with Crippen molar-refractivity contribution in [1.82, 2.24) is 20.0 Å². The summed E-state index contributed by atoms with van der Waals surface area (Å²) in [7, 11) is 0. The number of halogens is 3. The number of alkyl halides is 3. The van der Waals surface area contributed by atoms with Crippen molar-refractivity contribution in [2.45, 2.75) is 19.1 Å². The Morgan fingerprint density at radius 2 is 2.09 bits per heavy atom. The summed E-state index contributed by atoms with van der Waals surface area (Å²) in [5.74, 6) is -5.19. The fourth-order valence-corrected chi connectivity index (χ4v) is 2.53. The molecule has 0 bridgehead atoms. The monoisotopic (exact) mass is 334 g/mol. The number of carboxylic acid groups (broad SMARTS) is 1. The normalized spacial score (nSPS) is 21.4. The highest BCUT2D eigenvalue weighted by molar-refractivity contribution is 5.77. The van der Waals surface area contributed by atoms with Crippen LogP contribution in [0.25, 0.3) is 0 Å². The lowest BCUT2D eigenvalue weighted by molar-refractivity contribution is -0.187. The zero-order chi connectivity index (χ0) is 17.0. The molecule has 1 aliphatic heterocycles. The van der Waals surface area contributed by atoms with E-state index in [9.17, 15) is 22.8 Å². The zero-order valence-electron chi connectivity index (χ0n) is 12.2. The molecule has 0 saturated carbocycles. The number of nitrogens with zero attached hydrogens (tertiary/aromatic N) is 3. The quantitative estimate of drug-likeness (QED) is 0.792. The Morgan fingerprint density at radius 1 is 1.35 bits per heavy atom. The van der Waals surface area contributed by atoms with Crippen molar-refractivity contribution in [2.75, 3.05) is 19.6 Å². The second-order valence-electron chi connectivity index (χ2n) is 5.35. The number of carbonyl (C=O) groups excluding carboxylic acids is 1. The van der Waals surface area contributed by atoms with Gasteiger partial charge in [0.05, 0.1) is 11.8 Å². The van der Waals surface area contributed by atoms with Gasteiger partial charge in [-0.15, -0.1) is 0 Å². The molecule has 0 aromatic carbocycles. The Morgan fingerprint density at radius 3 is 2.61 bits per heavy atom. The van der Waals surface area contributed by atoms with Crippen LogP contribution in [0.5, 0.6) is 0 Å². The fourth-order valence-electron chi connectivity index (χ4n) is 2.53. The first kappa shape index (κ1) is 17.1. The molecular formula is C13H17F3N4O3. The van der Waals surface area contributed by atoms with E-state index in [1.807, 2.05) is 0 Å². The van der Waals surface area contributed by atoms with Crippen LogP contribution in [0.1, 0.15) is 6.42 Å². The van der Waals surface area contributed by atoms with Crippen LogP contribution in [0, 0.1) is 11.8 Å². The number of rotatable bonds is 5. The molecular weight excluding hydrogens is 317 g/mol. The maximum Gasteiger partial charge on any atom is 0.394 e. The van der Waals surface area contributed by atoms with Crippen molar-refractivity contribution in [3.63, 3.8) is 0 Å². The Kier molecular flexibility index (Phi) is 5.12. The molecule has 0 unspecified atom stereocenters. The summed E-state index contributed by atoms with van der Waals surface area (Å²) in [6, 6.07) is 1.08. The van der Waals surface area contributed by atoms with Crippen molar-refractivity contribution in [1.29, 1.82) is 0 Å². The molecule has 1 aliphatic rings. The van der Waals surface area contributed by atoms with E-state index in [0.717, 1.165) is 4.90 Å². The number of nitrogens with one attached hydrogen (secondary N) is 1. The third-order valence-corrected chi connectivity index (χ3v) is 3.74. The van der Waals surface area contributed by atoms with Gasteiger partial charge >= 0.3 is 18.2 Å². The first-order valence-electron chi connectivity index (χ1n) is 7.08. The predicted molar refractivity (Wildman–Crippen MR) is 72.5 cm³/mol. The molecule has 1 aromatic rings. The molecule has 10 heteroatoms. The van der Waals surface area contributed by atoms with Crippen molar-refractivity contribution in [3.8, 4) is 0 Å². The number of carboxylic acids is 1. The van der Waals surface area contributed by atoms with Gasteiger partial charge in [0.25, 0.3) is 0 Å². The van der Waals surface area contributed by atoms with Gasteiger partial charge in [-0.05, 0) is 12.5 Å². The number of hydrogen-bond donors (Lipinski definition) is 2. The van der Waals surface area contributed by atoms with Gasteiger partial charge in [0.15, 0.2) is 0 Å². The molecule has 1 aromatic heterocycles. The van der Waals surface area contributed by atoms with Gasteiger partial charge in [0, 0.05) is 38.6 Å². The SMILES string of the molecule is O=C(O)[C@@H]1CN(C(=O)NCCCn2cccn2)C[C@H]1C(F)(F)F. The fraction of sp³-hybridized carbons (Fsp3) is 0.615. The number of hydrogen-bond acceptors (Lipinski definition) is 3. The molecule has 2 amide bonds. The van der Waals surface area contributed by atoms with Crippen LogP contribution in [0.15, 0.2) is 18.5 Å². The number of urea groups is 1. The van der Waals surface area contributed by atoms with Gasteiger partial charge in [-0.3, -0.25) is 9.48 Å². The topological polar surface area (TPSA) is 87.5 Å². The van der Waals surface area contributed by atoms with Crippen molar-refractivity contribution >= 4 is 12.0 Å². The molecule has 2 N–H and O–H groups in total. The first-order valence-corrected chi connectivity index (χ1v) is 7.08. The molecule has 1 fully saturated rings. The number of aromatic nitrogens is 2. The Labute approximate surface area is 130 Å². The van der Waals surface area contributed by atoms with Crippen LogP contribution >= 0.6 is 0 Å². The van der Waals surface area contributed by atoms with Gasteiger partial charge < -0.3 is 15.3 Å². The summed E-state index contributed by atoms with van der Waals surface area (Å²) in [6.07, 6.45) is -0.704. The van der Waals surface area contributed by atoms with Crippen molar-refractivity contribution in [2.24, 2.45) is 11.8 Å². The van der Waals surface area contributed by atoms with E-state index >= 15 is 0 Å². The van der Waals surface area contributed by atoms with E-state index < -0.39 is 43.1 Å². The summed E-state index contributed by atoms with van der Waals surface area (Å²) in [6.45, 7) is -0.240. The predicted octanol–water partition coefficient (Wildman–Crippen LogP) is 1.18. The average Bonchev–Trinajstić information content (AvgIpc) is 3.11. The number of likely N-dealkylation sites (tertiary alicyclic amines) is 1. The van der Waals surface area contributed by atoms with Crippen LogP contribution in [0.4, 0.5) is 18.0 Å². The van der Waals surface area contributed by atoms with E-state index in [1.54, 1.807) is 23.1 Å². The molecule has 0 spiro atoms. The number of aryl methyl sites for hydroxylation is 1.